The minimum Gasteiger partial charge on any atom is -0.364 e. The smallest absolute Gasteiger partial charge is 0.266 e. The van der Waals surface area contributed by atoms with Crippen molar-refractivity contribution in [2.24, 2.45) is 5.73 Å². The summed E-state index contributed by atoms with van der Waals surface area (Å²) in [5, 5.41) is 0. The van der Waals surface area contributed by atoms with Gasteiger partial charge in [0.2, 0.25) is 5.91 Å². The van der Waals surface area contributed by atoms with Gasteiger partial charge in [-0.2, -0.15) is 0 Å². The van der Waals surface area contributed by atoms with Gasteiger partial charge in [-0.15, -0.1) is 0 Å². The zero-order valence-corrected chi connectivity index (χ0v) is 14.7. The quantitative estimate of drug-likeness (QED) is 0.882. The van der Waals surface area contributed by atoms with E-state index in [2.05, 4.69) is 34.1 Å². The molecule has 4 rings (SSSR count). The first-order valence-corrected chi connectivity index (χ1v) is 9.01. The summed E-state index contributed by atoms with van der Waals surface area (Å²) in [5.74, 6) is 0.866. The summed E-state index contributed by atoms with van der Waals surface area (Å²) in [4.78, 5) is 32.4. The summed E-state index contributed by atoms with van der Waals surface area (Å²) in [6, 6.07) is 10.5. The van der Waals surface area contributed by atoms with Crippen LogP contribution in [-0.4, -0.2) is 57.3 Å². The van der Waals surface area contributed by atoms with E-state index in [4.69, 9.17) is 5.73 Å². The Morgan fingerprint density at radius 3 is 2.73 bits per heavy atom. The van der Waals surface area contributed by atoms with Crippen LogP contribution in [0.15, 0.2) is 36.5 Å². The third kappa shape index (κ3) is 3.22. The van der Waals surface area contributed by atoms with Crippen molar-refractivity contribution in [1.82, 2.24) is 19.4 Å². The number of aromatic nitrogens is 2. The van der Waals surface area contributed by atoms with Crippen LogP contribution >= 0.6 is 0 Å². The van der Waals surface area contributed by atoms with Crippen molar-refractivity contribution in [2.45, 2.75) is 25.4 Å². The molecule has 1 aromatic carbocycles. The first-order valence-electron chi connectivity index (χ1n) is 9.01. The molecule has 2 amide bonds. The number of carbonyl (C=O) groups is 2. The summed E-state index contributed by atoms with van der Waals surface area (Å²) < 4.78 is 1.81. The number of likely N-dealkylation sites (tertiary alicyclic amines) is 1. The lowest BCUT2D eigenvalue weighted by Gasteiger charge is -2.29. The van der Waals surface area contributed by atoms with Crippen molar-refractivity contribution >= 4 is 11.8 Å². The first kappa shape index (κ1) is 16.8. The molecular formula is C19H23N5O2. The first-order chi connectivity index (χ1) is 12.6. The fraction of sp³-hybridized carbons (Fsp3) is 0.421. The zero-order valence-electron chi connectivity index (χ0n) is 14.7. The number of hydrogen-bond acceptors (Lipinski definition) is 4. The second-order valence-corrected chi connectivity index (χ2v) is 7.02. The molecule has 1 saturated heterocycles. The van der Waals surface area contributed by atoms with Crippen molar-refractivity contribution in [3.05, 3.63) is 53.6 Å². The Bertz CT molecular complexity index is 817. The number of benzene rings is 1. The highest BCUT2D eigenvalue weighted by Crippen LogP contribution is 2.27. The van der Waals surface area contributed by atoms with Crippen LogP contribution in [0.4, 0.5) is 0 Å². The Labute approximate surface area is 152 Å². The van der Waals surface area contributed by atoms with E-state index in [-0.39, 0.29) is 5.91 Å². The molecule has 26 heavy (non-hydrogen) atoms. The summed E-state index contributed by atoms with van der Waals surface area (Å²) in [7, 11) is 0. The molecule has 0 spiro atoms. The third-order valence-electron chi connectivity index (χ3n) is 5.37. The molecule has 2 aliphatic rings. The predicted octanol–water partition coefficient (Wildman–Crippen LogP) is 0.814. The molecule has 3 heterocycles. The number of nitrogens with two attached hydrogens (primary N) is 1. The molecule has 0 bridgehead atoms. The third-order valence-corrected chi connectivity index (χ3v) is 5.37. The number of nitrogens with zero attached hydrogens (tertiary/aromatic N) is 4. The van der Waals surface area contributed by atoms with E-state index in [1.54, 1.807) is 0 Å². The van der Waals surface area contributed by atoms with Gasteiger partial charge in [0.1, 0.15) is 11.5 Å². The van der Waals surface area contributed by atoms with E-state index in [1.807, 2.05) is 15.5 Å². The second kappa shape index (κ2) is 6.92. The van der Waals surface area contributed by atoms with Gasteiger partial charge >= 0.3 is 0 Å². The Kier molecular flexibility index (Phi) is 4.46. The van der Waals surface area contributed by atoms with E-state index in [0.29, 0.717) is 37.8 Å². The van der Waals surface area contributed by atoms with E-state index in [0.717, 1.165) is 25.3 Å². The number of rotatable bonds is 4. The Morgan fingerprint density at radius 1 is 1.15 bits per heavy atom. The van der Waals surface area contributed by atoms with E-state index in [1.165, 1.54) is 11.8 Å². The molecule has 136 valence electrons. The molecule has 2 N–H and O–H groups in total. The normalized spacial score (nSPS) is 20.2. The van der Waals surface area contributed by atoms with Crippen molar-refractivity contribution < 1.29 is 9.59 Å². The summed E-state index contributed by atoms with van der Waals surface area (Å²) in [6.45, 7) is 3.88. The number of fused-ring (bicyclic) bond motifs is 1. The van der Waals surface area contributed by atoms with Gasteiger partial charge in [0.05, 0.1) is 19.3 Å². The van der Waals surface area contributed by atoms with E-state index in [9.17, 15) is 9.59 Å². The lowest BCUT2D eigenvalue weighted by molar-refractivity contribution is -0.133. The summed E-state index contributed by atoms with van der Waals surface area (Å²) in [5.41, 5.74) is 7.12. The van der Waals surface area contributed by atoms with Gasteiger partial charge in [-0.05, 0) is 24.4 Å². The van der Waals surface area contributed by atoms with Gasteiger partial charge in [0.25, 0.3) is 5.91 Å². The van der Waals surface area contributed by atoms with Crippen LogP contribution in [0.25, 0.3) is 0 Å². The Morgan fingerprint density at radius 2 is 1.96 bits per heavy atom. The average Bonchev–Trinajstić information content (AvgIpc) is 3.28. The van der Waals surface area contributed by atoms with Crippen LogP contribution in [-0.2, 0) is 17.9 Å². The fourth-order valence-corrected chi connectivity index (χ4v) is 3.93. The molecular weight excluding hydrogens is 330 g/mol. The second-order valence-electron chi connectivity index (χ2n) is 7.02. The molecule has 0 unspecified atom stereocenters. The lowest BCUT2D eigenvalue weighted by Crippen LogP contribution is -2.44. The maximum atomic E-state index is 12.7. The fourth-order valence-electron chi connectivity index (χ4n) is 3.93. The Balaban J connectivity index is 1.35. The highest BCUT2D eigenvalue weighted by Gasteiger charge is 2.29. The maximum absolute atomic E-state index is 12.7. The van der Waals surface area contributed by atoms with Crippen LogP contribution in [0, 0.1) is 0 Å². The maximum Gasteiger partial charge on any atom is 0.266 e. The van der Waals surface area contributed by atoms with Gasteiger partial charge in [-0.3, -0.25) is 14.5 Å². The molecule has 0 radical (unpaired) electrons. The van der Waals surface area contributed by atoms with Crippen molar-refractivity contribution in [3.8, 4) is 0 Å². The molecule has 1 aromatic heterocycles. The van der Waals surface area contributed by atoms with Gasteiger partial charge in [0.15, 0.2) is 0 Å². The largest absolute Gasteiger partial charge is 0.364 e. The molecule has 2 aliphatic heterocycles. The topological polar surface area (TPSA) is 84.5 Å². The van der Waals surface area contributed by atoms with Crippen molar-refractivity contribution in [1.29, 1.82) is 0 Å². The molecule has 2 aromatic rings. The molecule has 0 aliphatic carbocycles. The van der Waals surface area contributed by atoms with E-state index < -0.39 is 5.91 Å². The van der Waals surface area contributed by atoms with Crippen LogP contribution in [0.3, 0.4) is 0 Å². The number of amides is 2. The van der Waals surface area contributed by atoms with Gasteiger partial charge in [-0.1, -0.05) is 30.3 Å². The number of imidazole rings is 1. The monoisotopic (exact) mass is 353 g/mol. The van der Waals surface area contributed by atoms with Crippen LogP contribution in [0.1, 0.15) is 34.2 Å². The average molecular weight is 353 g/mol. The standard InChI is InChI=1S/C19H23N5O2/c20-19(26)16-10-21-17-12-23(8-9-24(16)17)18(25)13-22-7-6-15(11-22)14-4-2-1-3-5-14/h1-5,10,15H,6-9,11-13H2,(H2,20,26)/t15-/m1/s1. The number of carbonyl (C=O) groups excluding carboxylic acids is 2. The van der Waals surface area contributed by atoms with E-state index >= 15 is 0 Å². The number of hydrogen-bond donors (Lipinski definition) is 1. The molecule has 1 fully saturated rings. The van der Waals surface area contributed by atoms with Gasteiger partial charge in [0, 0.05) is 19.6 Å². The van der Waals surface area contributed by atoms with Crippen LogP contribution in [0.2, 0.25) is 0 Å². The van der Waals surface area contributed by atoms with Gasteiger partial charge in [-0.25, -0.2) is 4.98 Å². The lowest BCUT2D eigenvalue weighted by atomic mass is 9.99. The SMILES string of the molecule is NC(=O)c1cnc2n1CCN(C(=O)CN1CC[C@@H](c3ccccc3)C1)C2. The van der Waals surface area contributed by atoms with Crippen LogP contribution in [0.5, 0.6) is 0 Å². The number of primary amides is 1. The zero-order chi connectivity index (χ0) is 18.1. The molecule has 0 saturated carbocycles. The summed E-state index contributed by atoms with van der Waals surface area (Å²) >= 11 is 0. The van der Waals surface area contributed by atoms with Crippen LogP contribution < -0.4 is 5.73 Å². The molecule has 7 nitrogen and oxygen atoms in total. The molecule has 7 heteroatoms. The predicted molar refractivity (Wildman–Crippen MR) is 96.4 cm³/mol. The van der Waals surface area contributed by atoms with Gasteiger partial charge < -0.3 is 15.2 Å². The summed E-state index contributed by atoms with van der Waals surface area (Å²) in [6.07, 6.45) is 2.58. The highest BCUT2D eigenvalue weighted by molar-refractivity contribution is 5.91. The molecule has 1 atom stereocenters. The Hall–Kier alpha value is -2.67. The minimum absolute atomic E-state index is 0.119. The van der Waals surface area contributed by atoms with Crippen molar-refractivity contribution in [3.63, 3.8) is 0 Å². The minimum atomic E-state index is -0.479. The van der Waals surface area contributed by atoms with Crippen molar-refractivity contribution in [2.75, 3.05) is 26.2 Å². The highest BCUT2D eigenvalue weighted by atomic mass is 16.2.